The Bertz CT molecular complexity index is 1050. The molecule has 156 valence electrons. The third-order valence-electron chi connectivity index (χ3n) is 3.79. The highest BCUT2D eigenvalue weighted by Crippen LogP contribution is 2.38. The van der Waals surface area contributed by atoms with Gasteiger partial charge in [-0.15, -0.1) is 0 Å². The highest BCUT2D eigenvalue weighted by atomic mass is 79.9. The zero-order valence-corrected chi connectivity index (χ0v) is 18.4. The number of rotatable bonds is 7. The van der Waals surface area contributed by atoms with E-state index in [2.05, 4.69) is 21.0 Å². The standard InChI is InChI=1S/C15H19BrN2O8S2/c1-4-26-15(2,3)8-9-5-13(19)18(17-9)14-11(16)6-10(27(20,21)22)7-12(14)28(23,24)25/h6-7H,4-5,8H2,1-3H3,(H,20,21,22)(H,23,24,25). The molecule has 0 unspecified atom stereocenters. The van der Waals surface area contributed by atoms with Crippen LogP contribution in [0.3, 0.4) is 0 Å². The minimum Gasteiger partial charge on any atom is -0.375 e. The van der Waals surface area contributed by atoms with Gasteiger partial charge in [-0.25, -0.2) is 0 Å². The highest BCUT2D eigenvalue weighted by molar-refractivity contribution is 9.10. The molecule has 1 aromatic rings. The van der Waals surface area contributed by atoms with Crippen LogP contribution in [0.2, 0.25) is 0 Å². The lowest BCUT2D eigenvalue weighted by Gasteiger charge is -2.24. The Labute approximate surface area is 171 Å². The lowest BCUT2D eigenvalue weighted by molar-refractivity contribution is -0.116. The van der Waals surface area contributed by atoms with E-state index in [9.17, 15) is 30.7 Å². The second-order valence-electron chi connectivity index (χ2n) is 6.62. The summed E-state index contributed by atoms with van der Waals surface area (Å²) < 4.78 is 70.4. The topological polar surface area (TPSA) is 151 Å². The van der Waals surface area contributed by atoms with Gasteiger partial charge in [-0.05, 0) is 48.8 Å². The van der Waals surface area contributed by atoms with E-state index in [1.165, 1.54) is 0 Å². The molecule has 1 amide bonds. The number of nitrogens with zero attached hydrogens (tertiary/aromatic N) is 2. The van der Waals surface area contributed by atoms with Crippen LogP contribution in [0.5, 0.6) is 0 Å². The molecule has 0 atom stereocenters. The van der Waals surface area contributed by atoms with E-state index >= 15 is 0 Å². The average molecular weight is 499 g/mol. The minimum absolute atomic E-state index is 0.103. The van der Waals surface area contributed by atoms with Gasteiger partial charge in [-0.2, -0.15) is 26.9 Å². The van der Waals surface area contributed by atoms with Crippen molar-refractivity contribution in [3.8, 4) is 0 Å². The smallest absolute Gasteiger partial charge is 0.296 e. The maximum Gasteiger partial charge on any atom is 0.296 e. The highest BCUT2D eigenvalue weighted by Gasteiger charge is 2.35. The molecule has 2 rings (SSSR count). The number of amides is 1. The molecular formula is C15H19BrN2O8S2. The van der Waals surface area contributed by atoms with E-state index in [1.54, 1.807) is 0 Å². The summed E-state index contributed by atoms with van der Waals surface area (Å²) in [7, 11) is -9.72. The molecule has 1 aromatic carbocycles. The first kappa shape index (κ1) is 22.9. The Hall–Kier alpha value is -1.38. The van der Waals surface area contributed by atoms with Crippen LogP contribution in [0.25, 0.3) is 0 Å². The lowest BCUT2D eigenvalue weighted by Crippen LogP contribution is -2.27. The normalized spacial score (nSPS) is 15.9. The second-order valence-corrected chi connectivity index (χ2v) is 10.3. The van der Waals surface area contributed by atoms with Gasteiger partial charge in [0.05, 0.1) is 22.6 Å². The minimum atomic E-state index is -4.95. The van der Waals surface area contributed by atoms with E-state index in [0.717, 1.165) is 11.1 Å². The molecule has 0 saturated carbocycles. The molecule has 0 aliphatic carbocycles. The van der Waals surface area contributed by atoms with Crippen LogP contribution in [-0.2, 0) is 29.8 Å². The van der Waals surface area contributed by atoms with Gasteiger partial charge >= 0.3 is 0 Å². The molecular weight excluding hydrogens is 480 g/mol. The summed E-state index contributed by atoms with van der Waals surface area (Å²) in [6.07, 6.45) is 0.193. The fourth-order valence-electron chi connectivity index (χ4n) is 2.79. The van der Waals surface area contributed by atoms with Gasteiger partial charge in [0.2, 0.25) is 0 Å². The summed E-state index contributed by atoms with van der Waals surface area (Å²) in [5.41, 5.74) is -0.540. The van der Waals surface area contributed by atoms with E-state index in [4.69, 9.17) is 4.74 Å². The van der Waals surface area contributed by atoms with Crippen molar-refractivity contribution in [2.45, 2.75) is 49.0 Å². The fourth-order valence-corrected chi connectivity index (χ4v) is 5.02. The predicted octanol–water partition coefficient (Wildman–Crippen LogP) is 2.24. The largest absolute Gasteiger partial charge is 0.375 e. The number of hydrogen-bond acceptors (Lipinski definition) is 7. The van der Waals surface area contributed by atoms with E-state index < -0.39 is 41.5 Å². The molecule has 1 aliphatic rings. The first-order valence-corrected chi connectivity index (χ1v) is 11.6. The van der Waals surface area contributed by atoms with Crippen LogP contribution in [0, 0.1) is 0 Å². The molecule has 2 N–H and O–H groups in total. The van der Waals surface area contributed by atoms with Crippen molar-refractivity contribution in [2.75, 3.05) is 11.6 Å². The maximum absolute atomic E-state index is 12.4. The molecule has 0 fully saturated rings. The summed E-state index contributed by atoms with van der Waals surface area (Å²) >= 11 is 2.99. The van der Waals surface area contributed by atoms with Gasteiger partial charge in [-0.1, -0.05) is 0 Å². The first-order chi connectivity index (χ1) is 12.7. The summed E-state index contributed by atoms with van der Waals surface area (Å²) in [4.78, 5) is 10.8. The molecule has 13 heteroatoms. The summed E-state index contributed by atoms with van der Waals surface area (Å²) in [5.74, 6) is -0.576. The van der Waals surface area contributed by atoms with Gasteiger partial charge in [0, 0.05) is 17.5 Å². The fraction of sp³-hybridized carbons (Fsp3) is 0.467. The number of carbonyl (C=O) groups excluding carboxylic acids is 1. The maximum atomic E-state index is 12.4. The quantitative estimate of drug-likeness (QED) is 0.542. The average Bonchev–Trinajstić information content (AvgIpc) is 2.83. The van der Waals surface area contributed by atoms with Crippen molar-refractivity contribution >= 4 is 53.5 Å². The summed E-state index contributed by atoms with van der Waals surface area (Å²) in [6, 6.07) is 1.46. The summed E-state index contributed by atoms with van der Waals surface area (Å²) in [6.45, 7) is 5.90. The summed E-state index contributed by atoms with van der Waals surface area (Å²) in [5, 5.41) is 4.91. The van der Waals surface area contributed by atoms with Gasteiger partial charge in [0.1, 0.15) is 10.6 Å². The second kappa shape index (κ2) is 7.80. The molecule has 10 nitrogen and oxygen atoms in total. The number of carbonyl (C=O) groups is 1. The molecule has 1 aliphatic heterocycles. The zero-order chi connectivity index (χ0) is 21.5. The van der Waals surface area contributed by atoms with Crippen molar-refractivity contribution in [3.63, 3.8) is 0 Å². The number of halogens is 1. The molecule has 0 spiro atoms. The van der Waals surface area contributed by atoms with Crippen molar-refractivity contribution in [2.24, 2.45) is 5.10 Å². The first-order valence-electron chi connectivity index (χ1n) is 7.97. The molecule has 28 heavy (non-hydrogen) atoms. The Balaban J connectivity index is 2.59. The van der Waals surface area contributed by atoms with Gasteiger partial charge in [0.25, 0.3) is 26.1 Å². The number of ether oxygens (including phenoxy) is 1. The number of hydrogen-bond donors (Lipinski definition) is 2. The Morgan fingerprint density at radius 2 is 1.82 bits per heavy atom. The molecule has 0 aromatic heterocycles. The van der Waals surface area contributed by atoms with E-state index in [0.29, 0.717) is 24.8 Å². The van der Waals surface area contributed by atoms with Crippen LogP contribution in [0.1, 0.15) is 33.6 Å². The number of benzene rings is 1. The van der Waals surface area contributed by atoms with E-state index in [-0.39, 0.29) is 16.6 Å². The number of anilines is 1. The van der Waals surface area contributed by atoms with Crippen LogP contribution >= 0.6 is 15.9 Å². The zero-order valence-electron chi connectivity index (χ0n) is 15.2. The third kappa shape index (κ3) is 5.15. The molecule has 0 saturated heterocycles. The van der Waals surface area contributed by atoms with Gasteiger partial charge in [-0.3, -0.25) is 13.9 Å². The SMILES string of the molecule is CCOC(C)(C)CC1=NN(c2c(Br)cc(S(=O)(=O)O)cc2S(=O)(=O)O)C(=O)C1. The molecule has 0 radical (unpaired) electrons. The lowest BCUT2D eigenvalue weighted by atomic mass is 10.00. The van der Waals surface area contributed by atoms with Crippen LogP contribution < -0.4 is 5.01 Å². The van der Waals surface area contributed by atoms with Crippen LogP contribution in [0.4, 0.5) is 5.69 Å². The number of hydrazone groups is 1. The van der Waals surface area contributed by atoms with Crippen LogP contribution in [0.15, 0.2) is 31.5 Å². The van der Waals surface area contributed by atoms with Crippen molar-refractivity contribution in [1.29, 1.82) is 0 Å². The third-order valence-corrected chi connectivity index (χ3v) is 6.09. The van der Waals surface area contributed by atoms with Gasteiger partial charge in [0.15, 0.2) is 0 Å². The van der Waals surface area contributed by atoms with E-state index in [1.807, 2.05) is 20.8 Å². The van der Waals surface area contributed by atoms with Crippen molar-refractivity contribution in [3.05, 3.63) is 16.6 Å². The Kier molecular flexibility index (Phi) is 6.38. The predicted molar refractivity (Wildman–Crippen MR) is 104 cm³/mol. The van der Waals surface area contributed by atoms with Crippen molar-refractivity contribution in [1.82, 2.24) is 0 Å². The van der Waals surface area contributed by atoms with Crippen LogP contribution in [-0.4, -0.2) is 49.8 Å². The Morgan fingerprint density at radius 3 is 2.32 bits per heavy atom. The Morgan fingerprint density at radius 1 is 1.21 bits per heavy atom. The monoisotopic (exact) mass is 498 g/mol. The van der Waals surface area contributed by atoms with Gasteiger partial charge < -0.3 is 4.74 Å². The molecule has 1 heterocycles. The van der Waals surface area contributed by atoms with Crippen molar-refractivity contribution < 1.29 is 35.5 Å². The molecule has 0 bridgehead atoms.